The van der Waals surface area contributed by atoms with E-state index < -0.39 is 0 Å². The average molecular weight is 215 g/mol. The Hall–Kier alpha value is -1.54. The zero-order valence-electron chi connectivity index (χ0n) is 8.44. The molecule has 0 amide bonds. The zero-order valence-corrected chi connectivity index (χ0v) is 9.26. The maximum absolute atomic E-state index is 4.07. The van der Waals surface area contributed by atoms with Crippen LogP contribution in [0.25, 0.3) is 5.57 Å². The number of benzene rings is 1. The topological polar surface area (TPSA) is 12.0 Å². The van der Waals surface area contributed by atoms with E-state index in [0.717, 1.165) is 17.8 Å². The van der Waals surface area contributed by atoms with Crippen LogP contribution >= 0.6 is 11.3 Å². The minimum atomic E-state index is 0.792. The number of hydrogen-bond acceptors (Lipinski definition) is 2. The van der Waals surface area contributed by atoms with Crippen molar-refractivity contribution in [3.8, 4) is 0 Å². The second-order valence-electron chi connectivity index (χ2n) is 3.34. The quantitative estimate of drug-likeness (QED) is 0.816. The van der Waals surface area contributed by atoms with Crippen LogP contribution in [0.5, 0.6) is 0 Å². The lowest BCUT2D eigenvalue weighted by atomic mass is 10.1. The molecule has 0 atom stereocenters. The molecule has 0 aliphatic carbocycles. The van der Waals surface area contributed by atoms with E-state index in [0.29, 0.717) is 0 Å². The van der Waals surface area contributed by atoms with E-state index in [1.54, 1.807) is 11.3 Å². The van der Waals surface area contributed by atoms with Gasteiger partial charge in [-0.1, -0.05) is 36.9 Å². The molecule has 0 aliphatic rings. The van der Waals surface area contributed by atoms with Gasteiger partial charge in [0.25, 0.3) is 0 Å². The molecule has 1 aromatic heterocycles. The highest BCUT2D eigenvalue weighted by molar-refractivity contribution is 7.08. The molecule has 2 rings (SSSR count). The largest absolute Gasteiger partial charge is 0.380 e. The van der Waals surface area contributed by atoms with Crippen molar-refractivity contribution in [2.24, 2.45) is 0 Å². The molecule has 0 saturated heterocycles. The summed E-state index contributed by atoms with van der Waals surface area (Å²) in [6.07, 6.45) is 0. The summed E-state index contributed by atoms with van der Waals surface area (Å²) < 4.78 is 0. The smallest absolute Gasteiger partial charge is 0.0451 e. The molecular weight excluding hydrogens is 202 g/mol. The first-order valence-electron chi connectivity index (χ1n) is 4.85. The predicted molar refractivity (Wildman–Crippen MR) is 68.3 cm³/mol. The molecule has 0 radical (unpaired) electrons. The highest BCUT2D eigenvalue weighted by Crippen LogP contribution is 2.15. The van der Waals surface area contributed by atoms with Crippen molar-refractivity contribution in [3.63, 3.8) is 0 Å². The monoisotopic (exact) mass is 215 g/mol. The van der Waals surface area contributed by atoms with Crippen molar-refractivity contribution >= 4 is 22.6 Å². The third-order valence-corrected chi connectivity index (χ3v) is 2.89. The van der Waals surface area contributed by atoms with Crippen molar-refractivity contribution in [2.75, 3.05) is 11.9 Å². The van der Waals surface area contributed by atoms with Crippen LogP contribution in [0.4, 0.5) is 5.69 Å². The van der Waals surface area contributed by atoms with Gasteiger partial charge in [-0.3, -0.25) is 0 Å². The van der Waals surface area contributed by atoms with Gasteiger partial charge in [0.2, 0.25) is 0 Å². The van der Waals surface area contributed by atoms with Crippen LogP contribution in [-0.2, 0) is 0 Å². The molecule has 1 heterocycles. The van der Waals surface area contributed by atoms with Crippen LogP contribution in [-0.4, -0.2) is 6.54 Å². The third kappa shape index (κ3) is 2.70. The van der Waals surface area contributed by atoms with Crippen molar-refractivity contribution in [1.82, 2.24) is 0 Å². The molecule has 2 aromatic rings. The van der Waals surface area contributed by atoms with Gasteiger partial charge >= 0.3 is 0 Å². The lowest BCUT2D eigenvalue weighted by Crippen LogP contribution is -2.02. The normalized spacial score (nSPS) is 9.87. The summed E-state index contributed by atoms with van der Waals surface area (Å²) in [6, 6.07) is 12.3. The maximum Gasteiger partial charge on any atom is 0.0451 e. The molecule has 1 nitrogen and oxygen atoms in total. The lowest BCUT2D eigenvalue weighted by molar-refractivity contribution is 1.36. The van der Waals surface area contributed by atoms with Gasteiger partial charge < -0.3 is 5.32 Å². The summed E-state index contributed by atoms with van der Waals surface area (Å²) in [4.78, 5) is 0. The first-order chi connectivity index (χ1) is 7.36. The fraction of sp³-hybridized carbons (Fsp3) is 0.0769. The minimum absolute atomic E-state index is 0.792. The second kappa shape index (κ2) is 4.80. The number of nitrogens with one attached hydrogen (secondary N) is 1. The fourth-order valence-electron chi connectivity index (χ4n) is 1.35. The summed E-state index contributed by atoms with van der Waals surface area (Å²) in [5, 5.41) is 7.49. The average Bonchev–Trinajstić information content (AvgIpc) is 2.80. The first kappa shape index (κ1) is 9.99. The fourth-order valence-corrected chi connectivity index (χ4v) is 1.96. The molecule has 0 aliphatic heterocycles. The summed E-state index contributed by atoms with van der Waals surface area (Å²) in [7, 11) is 0. The number of anilines is 1. The molecule has 0 bridgehead atoms. The van der Waals surface area contributed by atoms with E-state index in [1.807, 2.05) is 18.2 Å². The van der Waals surface area contributed by atoms with E-state index in [1.165, 1.54) is 5.56 Å². The van der Waals surface area contributed by atoms with Gasteiger partial charge in [0.05, 0.1) is 0 Å². The van der Waals surface area contributed by atoms with Crippen LogP contribution in [0.15, 0.2) is 53.7 Å². The van der Waals surface area contributed by atoms with Gasteiger partial charge in [-0.05, 0) is 22.6 Å². The van der Waals surface area contributed by atoms with Gasteiger partial charge in [0, 0.05) is 17.6 Å². The van der Waals surface area contributed by atoms with E-state index in [2.05, 4.69) is 40.9 Å². The summed E-state index contributed by atoms with van der Waals surface area (Å²) >= 11 is 1.69. The Morgan fingerprint density at radius 1 is 1.20 bits per heavy atom. The van der Waals surface area contributed by atoms with E-state index in [-0.39, 0.29) is 0 Å². The maximum atomic E-state index is 4.07. The molecular formula is C13H13NS. The summed E-state index contributed by atoms with van der Waals surface area (Å²) in [6.45, 7) is 4.86. The molecule has 0 fully saturated rings. The van der Waals surface area contributed by atoms with Gasteiger partial charge in [-0.25, -0.2) is 0 Å². The van der Waals surface area contributed by atoms with E-state index >= 15 is 0 Å². The standard InChI is InChI=1S/C13H13NS/c1-11(12-5-3-2-4-6-12)9-14-13-7-8-15-10-13/h2-8,10,14H,1,9H2. The number of hydrogen-bond donors (Lipinski definition) is 1. The molecule has 1 N–H and O–H groups in total. The van der Waals surface area contributed by atoms with E-state index in [4.69, 9.17) is 0 Å². The molecule has 2 heteroatoms. The Balaban J connectivity index is 1.94. The van der Waals surface area contributed by atoms with Crippen molar-refractivity contribution in [3.05, 3.63) is 59.3 Å². The molecule has 0 unspecified atom stereocenters. The Kier molecular flexibility index (Phi) is 3.20. The van der Waals surface area contributed by atoms with Crippen LogP contribution in [0.2, 0.25) is 0 Å². The van der Waals surface area contributed by atoms with Crippen molar-refractivity contribution < 1.29 is 0 Å². The minimum Gasteiger partial charge on any atom is -0.380 e. The SMILES string of the molecule is C=C(CNc1ccsc1)c1ccccc1. The Labute approximate surface area is 94.1 Å². The molecule has 76 valence electrons. The van der Waals surface area contributed by atoms with Crippen LogP contribution < -0.4 is 5.32 Å². The Morgan fingerprint density at radius 2 is 2.00 bits per heavy atom. The first-order valence-corrected chi connectivity index (χ1v) is 5.80. The predicted octanol–water partition coefficient (Wildman–Crippen LogP) is 3.87. The Morgan fingerprint density at radius 3 is 2.67 bits per heavy atom. The van der Waals surface area contributed by atoms with Crippen molar-refractivity contribution in [2.45, 2.75) is 0 Å². The van der Waals surface area contributed by atoms with Crippen molar-refractivity contribution in [1.29, 1.82) is 0 Å². The highest BCUT2D eigenvalue weighted by atomic mass is 32.1. The zero-order chi connectivity index (χ0) is 10.5. The third-order valence-electron chi connectivity index (χ3n) is 2.21. The van der Waals surface area contributed by atoms with Gasteiger partial charge in [0.15, 0.2) is 0 Å². The Bertz CT molecular complexity index is 417. The van der Waals surface area contributed by atoms with Gasteiger partial charge in [-0.15, -0.1) is 0 Å². The number of thiophene rings is 1. The molecule has 0 saturated carbocycles. The molecule has 0 spiro atoms. The summed E-state index contributed by atoms with van der Waals surface area (Å²) in [5.74, 6) is 0. The van der Waals surface area contributed by atoms with Crippen LogP contribution in [0, 0.1) is 0 Å². The second-order valence-corrected chi connectivity index (χ2v) is 4.12. The van der Waals surface area contributed by atoms with Crippen LogP contribution in [0.1, 0.15) is 5.56 Å². The summed E-state index contributed by atoms with van der Waals surface area (Å²) in [5.41, 5.74) is 3.47. The highest BCUT2D eigenvalue weighted by Gasteiger charge is 1.97. The molecule has 1 aromatic carbocycles. The lowest BCUT2D eigenvalue weighted by Gasteiger charge is -2.07. The van der Waals surface area contributed by atoms with Gasteiger partial charge in [-0.2, -0.15) is 11.3 Å². The number of rotatable bonds is 4. The van der Waals surface area contributed by atoms with Gasteiger partial charge in [0.1, 0.15) is 0 Å². The van der Waals surface area contributed by atoms with Crippen LogP contribution in [0.3, 0.4) is 0 Å². The van der Waals surface area contributed by atoms with E-state index in [9.17, 15) is 0 Å². The molecule has 15 heavy (non-hydrogen) atoms.